The average Bonchev–Trinajstić information content (AvgIpc) is 2.90. The number of hydrogen-bond acceptors (Lipinski definition) is 7. The lowest BCUT2D eigenvalue weighted by Crippen LogP contribution is -2.32. The lowest BCUT2D eigenvalue weighted by atomic mass is 10.2. The molecule has 0 aliphatic carbocycles. The molecule has 3 rings (SSSR count). The predicted molar refractivity (Wildman–Crippen MR) is 141 cm³/mol. The van der Waals surface area contributed by atoms with E-state index in [9.17, 15) is 14.4 Å². The van der Waals surface area contributed by atoms with Crippen LogP contribution in [0.1, 0.15) is 5.56 Å². The zero-order chi connectivity index (χ0) is 26.8. The van der Waals surface area contributed by atoms with Crippen LogP contribution in [0.15, 0.2) is 65.8 Å². The molecule has 3 aromatic carbocycles. The van der Waals surface area contributed by atoms with Crippen molar-refractivity contribution in [3.05, 3.63) is 76.3 Å². The number of amides is 3. The van der Waals surface area contributed by atoms with Gasteiger partial charge in [0.15, 0.2) is 18.1 Å². The summed E-state index contributed by atoms with van der Waals surface area (Å²) in [6.07, 6.45) is 1.31. The Morgan fingerprint density at radius 3 is 2.32 bits per heavy atom. The van der Waals surface area contributed by atoms with E-state index in [2.05, 4.69) is 21.2 Å². The Kier molecular flexibility index (Phi) is 9.70. The second kappa shape index (κ2) is 13.1. The standard InChI is InChI=1S/C25H22Cl2N4O6/c1-35-19-9-4-3-7-17(19)30-24(33)25(34)31-28-13-15-10-11-20(21(12-15)36-2)37-14-22(32)29-18-8-5-6-16(26)23(18)27/h3-13H,14H2,1-2H3,(H,29,32)(H,30,33)(H,31,34)/b28-13+. The van der Waals surface area contributed by atoms with Crippen molar-refractivity contribution in [3.8, 4) is 17.2 Å². The van der Waals surface area contributed by atoms with E-state index in [1.165, 1.54) is 20.4 Å². The van der Waals surface area contributed by atoms with Crippen LogP contribution in [0, 0.1) is 0 Å². The molecular formula is C25H22Cl2N4O6. The fourth-order valence-electron chi connectivity index (χ4n) is 2.96. The first-order valence-corrected chi connectivity index (χ1v) is 11.4. The van der Waals surface area contributed by atoms with Crippen molar-refractivity contribution in [2.45, 2.75) is 0 Å². The van der Waals surface area contributed by atoms with Gasteiger partial charge in [0.2, 0.25) is 0 Å². The maximum atomic E-state index is 12.2. The van der Waals surface area contributed by atoms with Crippen LogP contribution in [0.3, 0.4) is 0 Å². The van der Waals surface area contributed by atoms with E-state index in [1.807, 2.05) is 0 Å². The maximum Gasteiger partial charge on any atom is 0.329 e. The number of rotatable bonds is 9. The van der Waals surface area contributed by atoms with Crippen LogP contribution in [0.5, 0.6) is 17.2 Å². The number of nitrogens with one attached hydrogen (secondary N) is 3. The number of benzene rings is 3. The van der Waals surface area contributed by atoms with E-state index < -0.39 is 17.7 Å². The van der Waals surface area contributed by atoms with Crippen molar-refractivity contribution < 1.29 is 28.6 Å². The van der Waals surface area contributed by atoms with E-state index in [1.54, 1.807) is 60.7 Å². The summed E-state index contributed by atoms with van der Waals surface area (Å²) < 4.78 is 16.0. The van der Waals surface area contributed by atoms with Gasteiger partial charge in [0.1, 0.15) is 5.75 Å². The molecule has 0 heterocycles. The van der Waals surface area contributed by atoms with E-state index >= 15 is 0 Å². The Labute approximate surface area is 222 Å². The highest BCUT2D eigenvalue weighted by atomic mass is 35.5. The summed E-state index contributed by atoms with van der Waals surface area (Å²) in [6, 6.07) is 16.3. The van der Waals surface area contributed by atoms with Crippen molar-refractivity contribution in [2.75, 3.05) is 31.5 Å². The van der Waals surface area contributed by atoms with Crippen molar-refractivity contribution >= 4 is 58.5 Å². The number of para-hydroxylation sites is 2. The average molecular weight is 545 g/mol. The Bertz CT molecular complexity index is 1330. The molecule has 0 radical (unpaired) electrons. The van der Waals surface area contributed by atoms with Crippen molar-refractivity contribution in [1.82, 2.24) is 5.43 Å². The molecule has 10 nitrogen and oxygen atoms in total. The molecule has 0 aliphatic heterocycles. The minimum atomic E-state index is -0.972. The monoisotopic (exact) mass is 544 g/mol. The van der Waals surface area contributed by atoms with Crippen LogP contribution < -0.4 is 30.3 Å². The first-order chi connectivity index (χ1) is 17.8. The first kappa shape index (κ1) is 27.3. The van der Waals surface area contributed by atoms with Gasteiger partial charge in [-0.2, -0.15) is 5.10 Å². The van der Waals surface area contributed by atoms with Gasteiger partial charge in [-0.05, 0) is 48.0 Å². The quantitative estimate of drug-likeness (QED) is 0.211. The number of methoxy groups -OCH3 is 2. The number of halogens is 2. The van der Waals surface area contributed by atoms with Gasteiger partial charge >= 0.3 is 11.8 Å². The van der Waals surface area contributed by atoms with Gasteiger partial charge in [-0.25, -0.2) is 5.43 Å². The minimum Gasteiger partial charge on any atom is -0.495 e. The fraction of sp³-hybridized carbons (Fsp3) is 0.120. The maximum absolute atomic E-state index is 12.2. The molecule has 0 bridgehead atoms. The molecule has 0 saturated heterocycles. The summed E-state index contributed by atoms with van der Waals surface area (Å²) in [5.74, 6) is -1.32. The zero-order valence-electron chi connectivity index (χ0n) is 19.7. The summed E-state index contributed by atoms with van der Waals surface area (Å²) in [5, 5.41) is 9.39. The third-order valence-corrected chi connectivity index (χ3v) is 5.53. The number of anilines is 2. The lowest BCUT2D eigenvalue weighted by Gasteiger charge is -2.12. The fourth-order valence-corrected chi connectivity index (χ4v) is 3.30. The van der Waals surface area contributed by atoms with E-state index in [4.69, 9.17) is 37.4 Å². The Morgan fingerprint density at radius 1 is 0.838 bits per heavy atom. The van der Waals surface area contributed by atoms with Gasteiger partial charge in [0.25, 0.3) is 5.91 Å². The second-order valence-electron chi connectivity index (χ2n) is 7.20. The van der Waals surface area contributed by atoms with E-state index in [0.717, 1.165) is 0 Å². The molecule has 0 unspecified atom stereocenters. The molecule has 3 amide bonds. The van der Waals surface area contributed by atoms with Gasteiger partial charge in [0.05, 0.1) is 41.9 Å². The Hall–Kier alpha value is -4.28. The third kappa shape index (κ3) is 7.60. The SMILES string of the molecule is COc1ccccc1NC(=O)C(=O)N/N=C/c1ccc(OCC(=O)Nc2cccc(Cl)c2Cl)c(OC)c1. The van der Waals surface area contributed by atoms with Crippen LogP contribution in [0.2, 0.25) is 10.0 Å². The van der Waals surface area contributed by atoms with Crippen LogP contribution in [-0.4, -0.2) is 44.8 Å². The summed E-state index contributed by atoms with van der Waals surface area (Å²) in [5.41, 5.74) is 3.38. The first-order valence-electron chi connectivity index (χ1n) is 10.6. The third-order valence-electron chi connectivity index (χ3n) is 4.71. The molecule has 0 fully saturated rings. The normalized spacial score (nSPS) is 10.5. The molecule has 0 aromatic heterocycles. The molecule has 0 saturated carbocycles. The number of ether oxygens (including phenoxy) is 3. The van der Waals surface area contributed by atoms with E-state index in [0.29, 0.717) is 39.2 Å². The topological polar surface area (TPSA) is 127 Å². The second-order valence-corrected chi connectivity index (χ2v) is 7.99. The molecule has 12 heteroatoms. The Balaban J connectivity index is 1.55. The van der Waals surface area contributed by atoms with Crippen molar-refractivity contribution in [1.29, 1.82) is 0 Å². The number of hydrogen-bond donors (Lipinski definition) is 3. The minimum absolute atomic E-state index is 0.225. The van der Waals surface area contributed by atoms with E-state index in [-0.39, 0.29) is 11.6 Å². The highest BCUT2D eigenvalue weighted by Crippen LogP contribution is 2.30. The molecule has 192 valence electrons. The highest BCUT2D eigenvalue weighted by molar-refractivity contribution is 6.44. The van der Waals surface area contributed by atoms with Gasteiger partial charge < -0.3 is 24.8 Å². The molecule has 0 aliphatic rings. The van der Waals surface area contributed by atoms with Crippen LogP contribution in [-0.2, 0) is 14.4 Å². The van der Waals surface area contributed by atoms with Gasteiger partial charge in [-0.15, -0.1) is 0 Å². The number of carbonyl (C=O) groups excluding carboxylic acids is 3. The Morgan fingerprint density at radius 2 is 1.57 bits per heavy atom. The summed E-state index contributed by atoms with van der Waals surface area (Å²) in [6.45, 7) is -0.315. The molecule has 37 heavy (non-hydrogen) atoms. The number of carbonyl (C=O) groups is 3. The van der Waals surface area contributed by atoms with Crippen molar-refractivity contribution in [3.63, 3.8) is 0 Å². The molecular weight excluding hydrogens is 523 g/mol. The number of nitrogens with zero attached hydrogens (tertiary/aromatic N) is 1. The van der Waals surface area contributed by atoms with Crippen LogP contribution in [0.25, 0.3) is 0 Å². The summed E-state index contributed by atoms with van der Waals surface area (Å²) >= 11 is 12.0. The van der Waals surface area contributed by atoms with Gasteiger partial charge in [-0.3, -0.25) is 14.4 Å². The predicted octanol–water partition coefficient (Wildman–Crippen LogP) is 4.12. The highest BCUT2D eigenvalue weighted by Gasteiger charge is 2.15. The summed E-state index contributed by atoms with van der Waals surface area (Å²) in [7, 11) is 2.88. The molecule has 3 N–H and O–H groups in total. The van der Waals surface area contributed by atoms with Crippen LogP contribution in [0.4, 0.5) is 11.4 Å². The molecule has 0 spiro atoms. The number of hydrazone groups is 1. The van der Waals surface area contributed by atoms with Gasteiger partial charge in [-0.1, -0.05) is 41.4 Å². The van der Waals surface area contributed by atoms with Crippen LogP contribution >= 0.6 is 23.2 Å². The lowest BCUT2D eigenvalue weighted by molar-refractivity contribution is -0.136. The molecule has 0 atom stereocenters. The zero-order valence-corrected chi connectivity index (χ0v) is 21.2. The largest absolute Gasteiger partial charge is 0.495 e. The van der Waals surface area contributed by atoms with Crippen molar-refractivity contribution in [2.24, 2.45) is 5.10 Å². The smallest absolute Gasteiger partial charge is 0.329 e. The molecule has 3 aromatic rings. The van der Waals surface area contributed by atoms with Gasteiger partial charge in [0, 0.05) is 0 Å². The summed E-state index contributed by atoms with van der Waals surface area (Å²) in [4.78, 5) is 36.4.